The zero-order chi connectivity index (χ0) is 9.78. The third-order valence-electron chi connectivity index (χ3n) is 2.31. The summed E-state index contributed by atoms with van der Waals surface area (Å²) < 4.78 is 0.849. The predicted octanol–water partition coefficient (Wildman–Crippen LogP) is 2.81. The number of allylic oxidation sites excluding steroid dienone is 1. The average molecular weight is 168 g/mol. The van der Waals surface area contributed by atoms with Crippen molar-refractivity contribution in [1.29, 1.82) is 0 Å². The highest BCUT2D eigenvalue weighted by molar-refractivity contribution is 4.89. The van der Waals surface area contributed by atoms with E-state index in [4.69, 9.17) is 0 Å². The Morgan fingerprint density at radius 2 is 1.75 bits per heavy atom. The largest absolute Gasteiger partial charge is 0.297 e. The summed E-state index contributed by atoms with van der Waals surface area (Å²) in [5.41, 5.74) is 0. The molecule has 0 fully saturated rings. The first-order valence-corrected chi connectivity index (χ1v) is 4.55. The van der Waals surface area contributed by atoms with E-state index in [1.54, 1.807) is 0 Å². The normalized spacial score (nSPS) is 15.5. The Labute approximate surface area is 77.0 Å². The zero-order valence-electron chi connectivity index (χ0n) is 9.04. The van der Waals surface area contributed by atoms with Gasteiger partial charge < -0.3 is 0 Å². The fraction of sp³-hybridized carbons (Fsp3) is 0.636. The lowest BCUT2D eigenvalue weighted by Crippen LogP contribution is -2.45. The number of nitrogens with zero attached hydrogens (tertiary/aromatic N) is 1. The molecule has 0 aromatic rings. The molecule has 1 unspecified atom stereocenters. The van der Waals surface area contributed by atoms with E-state index in [1.807, 2.05) is 6.20 Å². The monoisotopic (exact) mass is 168 g/mol. The van der Waals surface area contributed by atoms with Crippen LogP contribution in [0.15, 0.2) is 24.9 Å². The second-order valence-corrected chi connectivity index (χ2v) is 4.07. The summed E-state index contributed by atoms with van der Waals surface area (Å²) in [5.74, 6) is 0.647. The summed E-state index contributed by atoms with van der Waals surface area (Å²) in [5, 5.41) is 0. The summed E-state index contributed by atoms with van der Waals surface area (Å²) in [6, 6.07) is 0.535. The van der Waals surface area contributed by atoms with Crippen molar-refractivity contribution < 1.29 is 4.48 Å². The molecule has 0 rings (SSSR count). The summed E-state index contributed by atoms with van der Waals surface area (Å²) in [6.07, 6.45) is 6.37. The fourth-order valence-electron chi connectivity index (χ4n) is 1.53. The van der Waals surface area contributed by atoms with Crippen molar-refractivity contribution >= 4 is 0 Å². The van der Waals surface area contributed by atoms with Crippen molar-refractivity contribution in [3.05, 3.63) is 24.9 Å². The first kappa shape index (κ1) is 11.4. The second kappa shape index (κ2) is 4.46. The van der Waals surface area contributed by atoms with Crippen molar-refractivity contribution in [1.82, 2.24) is 0 Å². The number of rotatable bonds is 4. The van der Waals surface area contributed by atoms with E-state index in [0.29, 0.717) is 12.0 Å². The molecule has 1 nitrogen and oxygen atoms in total. The lowest BCUT2D eigenvalue weighted by molar-refractivity contribution is -0.861. The number of quaternary nitrogens is 1. The van der Waals surface area contributed by atoms with Gasteiger partial charge in [-0.15, -0.1) is 0 Å². The van der Waals surface area contributed by atoms with E-state index in [2.05, 4.69) is 53.6 Å². The molecule has 0 N–H and O–H groups in total. The molecule has 0 saturated carbocycles. The van der Waals surface area contributed by atoms with Gasteiger partial charge in [-0.1, -0.05) is 19.9 Å². The van der Waals surface area contributed by atoms with Crippen LogP contribution in [0.3, 0.4) is 0 Å². The van der Waals surface area contributed by atoms with Crippen molar-refractivity contribution in [2.45, 2.75) is 26.8 Å². The standard InChI is InChI=1S/C11H22N/c1-7-9-11(10(3)4)12(5,6)8-2/h7-11H,2H2,1,3-6H3/q+1. The highest BCUT2D eigenvalue weighted by Crippen LogP contribution is 2.17. The van der Waals surface area contributed by atoms with E-state index in [0.717, 1.165) is 4.48 Å². The zero-order valence-corrected chi connectivity index (χ0v) is 9.04. The highest BCUT2D eigenvalue weighted by atomic mass is 15.3. The maximum absolute atomic E-state index is 3.86. The highest BCUT2D eigenvalue weighted by Gasteiger charge is 2.25. The second-order valence-electron chi connectivity index (χ2n) is 4.07. The molecule has 0 aliphatic rings. The smallest absolute Gasteiger partial charge is 0.114 e. The van der Waals surface area contributed by atoms with Gasteiger partial charge in [-0.05, 0) is 19.6 Å². The van der Waals surface area contributed by atoms with Crippen LogP contribution in [0.1, 0.15) is 20.8 Å². The van der Waals surface area contributed by atoms with Crippen LogP contribution in [0.25, 0.3) is 0 Å². The number of likely N-dealkylation sites (N-methyl/N-ethyl adjacent to an activating group) is 1. The van der Waals surface area contributed by atoms with Gasteiger partial charge in [0.25, 0.3) is 0 Å². The molecule has 0 saturated heterocycles. The molecule has 0 spiro atoms. The molecule has 0 bridgehead atoms. The van der Waals surface area contributed by atoms with Crippen LogP contribution in [0.5, 0.6) is 0 Å². The molecular formula is C11H22N+. The van der Waals surface area contributed by atoms with Crippen LogP contribution in [0, 0.1) is 5.92 Å². The molecule has 0 aliphatic heterocycles. The van der Waals surface area contributed by atoms with Crippen molar-refractivity contribution in [2.75, 3.05) is 14.1 Å². The fourth-order valence-corrected chi connectivity index (χ4v) is 1.53. The van der Waals surface area contributed by atoms with Gasteiger partial charge in [-0.3, -0.25) is 4.48 Å². The maximum Gasteiger partial charge on any atom is 0.114 e. The van der Waals surface area contributed by atoms with Crippen molar-refractivity contribution in [3.63, 3.8) is 0 Å². The van der Waals surface area contributed by atoms with Gasteiger partial charge in [0, 0.05) is 5.92 Å². The van der Waals surface area contributed by atoms with E-state index < -0.39 is 0 Å². The Balaban J connectivity index is 4.61. The Morgan fingerprint density at radius 3 is 2.00 bits per heavy atom. The Kier molecular flexibility index (Phi) is 4.25. The van der Waals surface area contributed by atoms with Crippen LogP contribution < -0.4 is 0 Å². The van der Waals surface area contributed by atoms with Crippen molar-refractivity contribution in [3.8, 4) is 0 Å². The van der Waals surface area contributed by atoms with Crippen LogP contribution in [-0.2, 0) is 0 Å². The van der Waals surface area contributed by atoms with E-state index in [9.17, 15) is 0 Å². The quantitative estimate of drug-likeness (QED) is 0.447. The van der Waals surface area contributed by atoms with Gasteiger partial charge in [-0.25, -0.2) is 0 Å². The summed E-state index contributed by atoms with van der Waals surface area (Å²) >= 11 is 0. The van der Waals surface area contributed by atoms with E-state index in [-0.39, 0.29) is 0 Å². The minimum absolute atomic E-state index is 0.535. The number of hydrogen-bond acceptors (Lipinski definition) is 0. The molecule has 70 valence electrons. The minimum atomic E-state index is 0.535. The topological polar surface area (TPSA) is 0 Å². The molecule has 12 heavy (non-hydrogen) atoms. The van der Waals surface area contributed by atoms with Crippen molar-refractivity contribution in [2.24, 2.45) is 5.92 Å². The Hall–Kier alpha value is -0.560. The molecule has 1 heteroatoms. The van der Waals surface area contributed by atoms with Gasteiger partial charge in [0.1, 0.15) is 6.04 Å². The van der Waals surface area contributed by atoms with Crippen LogP contribution in [0.2, 0.25) is 0 Å². The molecule has 1 atom stereocenters. The Bertz CT molecular complexity index is 166. The molecule has 0 amide bonds. The van der Waals surface area contributed by atoms with Gasteiger partial charge >= 0.3 is 0 Å². The first-order chi connectivity index (χ1) is 5.45. The molecule has 0 aromatic heterocycles. The van der Waals surface area contributed by atoms with Crippen LogP contribution in [0.4, 0.5) is 0 Å². The van der Waals surface area contributed by atoms with Crippen LogP contribution in [-0.4, -0.2) is 24.6 Å². The maximum atomic E-state index is 3.86. The van der Waals surface area contributed by atoms with E-state index in [1.165, 1.54) is 0 Å². The lowest BCUT2D eigenvalue weighted by Gasteiger charge is -2.34. The van der Waals surface area contributed by atoms with Gasteiger partial charge in [-0.2, -0.15) is 0 Å². The SMILES string of the molecule is C=C[N+](C)(C)C(C=CC)C(C)C. The average Bonchev–Trinajstić information content (AvgIpc) is 1.99. The van der Waals surface area contributed by atoms with E-state index >= 15 is 0 Å². The van der Waals surface area contributed by atoms with Gasteiger partial charge in [0.15, 0.2) is 0 Å². The third-order valence-corrected chi connectivity index (χ3v) is 2.31. The Morgan fingerprint density at radius 1 is 1.25 bits per heavy atom. The van der Waals surface area contributed by atoms with Gasteiger partial charge in [0.05, 0.1) is 20.3 Å². The molecule has 0 radical (unpaired) electrons. The molecule has 0 aromatic carbocycles. The van der Waals surface area contributed by atoms with Crippen LogP contribution >= 0.6 is 0 Å². The molecular weight excluding hydrogens is 146 g/mol. The number of hydrogen-bond donors (Lipinski definition) is 0. The van der Waals surface area contributed by atoms with Gasteiger partial charge in [0.2, 0.25) is 0 Å². The molecule has 0 heterocycles. The summed E-state index contributed by atoms with van der Waals surface area (Å²) in [7, 11) is 4.36. The predicted molar refractivity (Wildman–Crippen MR) is 55.7 cm³/mol. The minimum Gasteiger partial charge on any atom is -0.297 e. The lowest BCUT2D eigenvalue weighted by atomic mass is 10.0. The molecule has 0 aliphatic carbocycles. The third kappa shape index (κ3) is 2.82. The summed E-state index contributed by atoms with van der Waals surface area (Å²) in [4.78, 5) is 0. The first-order valence-electron chi connectivity index (χ1n) is 4.55. The summed E-state index contributed by atoms with van der Waals surface area (Å²) in [6.45, 7) is 10.4.